The van der Waals surface area contributed by atoms with E-state index in [0.29, 0.717) is 38.4 Å². The van der Waals surface area contributed by atoms with Crippen molar-refractivity contribution in [2.75, 3.05) is 39.9 Å². The Morgan fingerprint density at radius 1 is 1.41 bits per heavy atom. The summed E-state index contributed by atoms with van der Waals surface area (Å²) in [5.74, 6) is 2.28. The Morgan fingerprint density at radius 3 is 2.90 bits per heavy atom. The van der Waals surface area contributed by atoms with Gasteiger partial charge in [-0.2, -0.15) is 5.10 Å². The summed E-state index contributed by atoms with van der Waals surface area (Å²) in [6.45, 7) is 6.14. The standard InChI is InChI=1S/C22H27FN4O2/c1-5-6-11-25(4)14-21(28)26-12-13-29-15-20(26)22-16(2)24-27(17(22)3)19-10-8-7-9-18(19)23/h1,7-10,20H,6,11-15H2,2-4H3. The maximum absolute atomic E-state index is 14.3. The summed E-state index contributed by atoms with van der Waals surface area (Å²) in [5.41, 5.74) is 2.87. The lowest BCUT2D eigenvalue weighted by molar-refractivity contribution is -0.141. The second kappa shape index (κ2) is 9.21. The molecule has 7 heteroatoms. The largest absolute Gasteiger partial charge is 0.377 e. The predicted octanol–water partition coefficient (Wildman–Crippen LogP) is 2.48. The van der Waals surface area contributed by atoms with Gasteiger partial charge in [0.15, 0.2) is 0 Å². The van der Waals surface area contributed by atoms with Crippen molar-refractivity contribution in [1.82, 2.24) is 19.6 Å². The van der Waals surface area contributed by atoms with E-state index in [-0.39, 0.29) is 24.3 Å². The van der Waals surface area contributed by atoms with Crippen LogP contribution in [0.5, 0.6) is 0 Å². The van der Waals surface area contributed by atoms with Gasteiger partial charge in [-0.05, 0) is 33.0 Å². The summed E-state index contributed by atoms with van der Waals surface area (Å²) in [5, 5.41) is 4.56. The highest BCUT2D eigenvalue weighted by Gasteiger charge is 2.33. The van der Waals surface area contributed by atoms with Gasteiger partial charge < -0.3 is 9.64 Å². The summed E-state index contributed by atoms with van der Waals surface area (Å²) in [6.07, 6.45) is 5.92. The minimum absolute atomic E-state index is 0.0234. The van der Waals surface area contributed by atoms with E-state index in [0.717, 1.165) is 17.0 Å². The van der Waals surface area contributed by atoms with Crippen LogP contribution < -0.4 is 0 Å². The van der Waals surface area contributed by atoms with Gasteiger partial charge in [0, 0.05) is 30.8 Å². The molecule has 1 amide bonds. The molecule has 1 unspecified atom stereocenters. The molecule has 0 spiro atoms. The lowest BCUT2D eigenvalue weighted by atomic mass is 10.0. The Kier molecular flexibility index (Phi) is 6.68. The zero-order valence-corrected chi connectivity index (χ0v) is 17.2. The van der Waals surface area contributed by atoms with Gasteiger partial charge in [-0.3, -0.25) is 9.69 Å². The fourth-order valence-corrected chi connectivity index (χ4v) is 3.79. The second-order valence-corrected chi connectivity index (χ2v) is 7.32. The van der Waals surface area contributed by atoms with Crippen LogP contribution in [0.4, 0.5) is 4.39 Å². The molecule has 0 aliphatic carbocycles. The van der Waals surface area contributed by atoms with Crippen molar-refractivity contribution in [3.8, 4) is 18.0 Å². The highest BCUT2D eigenvalue weighted by atomic mass is 19.1. The summed E-state index contributed by atoms with van der Waals surface area (Å²) >= 11 is 0. The fourth-order valence-electron chi connectivity index (χ4n) is 3.79. The van der Waals surface area contributed by atoms with Crippen LogP contribution in [0.25, 0.3) is 5.69 Å². The van der Waals surface area contributed by atoms with Crippen LogP contribution in [0.1, 0.15) is 29.4 Å². The Labute approximate surface area is 171 Å². The van der Waals surface area contributed by atoms with Gasteiger partial charge in [-0.15, -0.1) is 12.3 Å². The van der Waals surface area contributed by atoms with Crippen molar-refractivity contribution in [2.45, 2.75) is 26.3 Å². The van der Waals surface area contributed by atoms with Crippen molar-refractivity contribution in [3.63, 3.8) is 0 Å². The lowest BCUT2D eigenvalue weighted by Gasteiger charge is -2.37. The normalized spacial score (nSPS) is 16.8. The lowest BCUT2D eigenvalue weighted by Crippen LogP contribution is -2.47. The molecule has 1 aromatic heterocycles. The number of carbonyl (C=O) groups excluding carboxylic acids is 1. The van der Waals surface area contributed by atoms with E-state index in [4.69, 9.17) is 11.2 Å². The van der Waals surface area contributed by atoms with E-state index in [2.05, 4.69) is 11.0 Å². The molecule has 1 atom stereocenters. The first kappa shape index (κ1) is 21.0. The first-order valence-corrected chi connectivity index (χ1v) is 9.74. The summed E-state index contributed by atoms with van der Waals surface area (Å²) in [6, 6.07) is 6.28. The average molecular weight is 398 g/mol. The van der Waals surface area contributed by atoms with Gasteiger partial charge in [0.1, 0.15) is 11.5 Å². The van der Waals surface area contributed by atoms with E-state index >= 15 is 0 Å². The third kappa shape index (κ3) is 4.50. The quantitative estimate of drug-likeness (QED) is 0.702. The SMILES string of the molecule is C#CCCN(C)CC(=O)N1CCOCC1c1c(C)nn(-c2ccccc2F)c1C. The average Bonchev–Trinajstić information content (AvgIpc) is 3.00. The van der Waals surface area contributed by atoms with E-state index in [1.807, 2.05) is 30.7 Å². The number of para-hydroxylation sites is 1. The number of benzene rings is 1. The number of terminal acetylenes is 1. The zero-order chi connectivity index (χ0) is 21.0. The van der Waals surface area contributed by atoms with Gasteiger partial charge in [-0.1, -0.05) is 12.1 Å². The maximum Gasteiger partial charge on any atom is 0.237 e. The highest BCUT2D eigenvalue weighted by molar-refractivity contribution is 5.79. The smallest absolute Gasteiger partial charge is 0.237 e. The van der Waals surface area contributed by atoms with Crippen molar-refractivity contribution in [2.24, 2.45) is 0 Å². The van der Waals surface area contributed by atoms with Crippen molar-refractivity contribution < 1.29 is 13.9 Å². The monoisotopic (exact) mass is 398 g/mol. The molecule has 6 nitrogen and oxygen atoms in total. The van der Waals surface area contributed by atoms with Crippen molar-refractivity contribution in [3.05, 3.63) is 47.0 Å². The second-order valence-electron chi connectivity index (χ2n) is 7.32. The van der Waals surface area contributed by atoms with Crippen LogP contribution in [-0.4, -0.2) is 65.4 Å². The summed E-state index contributed by atoms with van der Waals surface area (Å²) in [4.78, 5) is 16.8. The zero-order valence-electron chi connectivity index (χ0n) is 17.2. The molecule has 0 saturated carbocycles. The number of aryl methyl sites for hydroxylation is 1. The molecular formula is C22H27FN4O2. The van der Waals surface area contributed by atoms with E-state index in [1.54, 1.807) is 22.9 Å². The molecule has 154 valence electrons. The molecule has 29 heavy (non-hydrogen) atoms. The van der Waals surface area contributed by atoms with Crippen LogP contribution in [0.3, 0.4) is 0 Å². The molecule has 1 aliphatic heterocycles. The van der Waals surface area contributed by atoms with Crippen LogP contribution in [-0.2, 0) is 9.53 Å². The van der Waals surface area contributed by atoms with Gasteiger partial charge >= 0.3 is 0 Å². The van der Waals surface area contributed by atoms with Gasteiger partial charge in [0.2, 0.25) is 5.91 Å². The number of rotatable bonds is 6. The number of nitrogens with zero attached hydrogens (tertiary/aromatic N) is 4. The Morgan fingerprint density at radius 2 is 2.17 bits per heavy atom. The fraction of sp³-hybridized carbons (Fsp3) is 0.455. The number of likely N-dealkylation sites (N-methyl/N-ethyl adjacent to an activating group) is 1. The number of hydrogen-bond acceptors (Lipinski definition) is 4. The minimum Gasteiger partial charge on any atom is -0.377 e. The molecule has 3 rings (SSSR count). The van der Waals surface area contributed by atoms with Gasteiger partial charge in [0.05, 0.1) is 31.5 Å². The first-order chi connectivity index (χ1) is 13.9. The number of halogens is 1. The molecule has 1 saturated heterocycles. The van der Waals surface area contributed by atoms with Crippen LogP contribution in [0.2, 0.25) is 0 Å². The molecule has 0 N–H and O–H groups in total. The number of aromatic nitrogens is 2. The number of amides is 1. The third-order valence-electron chi connectivity index (χ3n) is 5.25. The topological polar surface area (TPSA) is 50.6 Å². The Hall–Kier alpha value is -2.69. The summed E-state index contributed by atoms with van der Waals surface area (Å²) in [7, 11) is 1.89. The molecule has 1 aliphatic rings. The highest BCUT2D eigenvalue weighted by Crippen LogP contribution is 2.31. The predicted molar refractivity (Wildman–Crippen MR) is 109 cm³/mol. The summed E-state index contributed by atoms with van der Waals surface area (Å²) < 4.78 is 21.6. The maximum atomic E-state index is 14.3. The molecule has 0 radical (unpaired) electrons. The van der Waals surface area contributed by atoms with Crippen LogP contribution in [0.15, 0.2) is 24.3 Å². The molecule has 0 bridgehead atoms. The van der Waals surface area contributed by atoms with E-state index in [9.17, 15) is 9.18 Å². The molecular weight excluding hydrogens is 371 g/mol. The Balaban J connectivity index is 1.89. The number of carbonyl (C=O) groups is 1. The first-order valence-electron chi connectivity index (χ1n) is 9.74. The van der Waals surface area contributed by atoms with Crippen molar-refractivity contribution >= 4 is 5.91 Å². The van der Waals surface area contributed by atoms with Crippen molar-refractivity contribution in [1.29, 1.82) is 0 Å². The van der Waals surface area contributed by atoms with E-state index in [1.165, 1.54) is 6.07 Å². The molecule has 1 fully saturated rings. The van der Waals surface area contributed by atoms with Crippen LogP contribution >= 0.6 is 0 Å². The number of morpholine rings is 1. The van der Waals surface area contributed by atoms with Gasteiger partial charge in [-0.25, -0.2) is 9.07 Å². The minimum atomic E-state index is -0.340. The van der Waals surface area contributed by atoms with Crippen LogP contribution in [0, 0.1) is 32.0 Å². The number of hydrogen-bond donors (Lipinski definition) is 0. The third-order valence-corrected chi connectivity index (χ3v) is 5.25. The molecule has 2 heterocycles. The van der Waals surface area contributed by atoms with E-state index < -0.39 is 0 Å². The Bertz CT molecular complexity index is 918. The molecule has 1 aromatic carbocycles. The van der Waals surface area contributed by atoms with Gasteiger partial charge in [0.25, 0.3) is 0 Å². The molecule has 2 aromatic rings. The number of ether oxygens (including phenoxy) is 1.